The van der Waals surface area contributed by atoms with Crippen molar-refractivity contribution in [2.45, 2.75) is 82.5 Å². The van der Waals surface area contributed by atoms with Crippen LogP contribution in [0.1, 0.15) is 69.7 Å². The molecule has 1 saturated carbocycles. The van der Waals surface area contributed by atoms with Crippen molar-refractivity contribution in [2.75, 3.05) is 19.6 Å². The molecule has 1 aliphatic carbocycles. The molecule has 3 heterocycles. The molecule has 0 bridgehead atoms. The number of carbonyl (C=O) groups excluding carboxylic acids is 4. The first-order valence-corrected chi connectivity index (χ1v) is 17.4. The lowest BCUT2D eigenvalue weighted by Crippen LogP contribution is -2.58. The Balaban J connectivity index is 1.27. The highest BCUT2D eigenvalue weighted by molar-refractivity contribution is 5.98. The lowest BCUT2D eigenvalue weighted by molar-refractivity contribution is -0.146. The van der Waals surface area contributed by atoms with Gasteiger partial charge in [0.05, 0.1) is 0 Å². The monoisotopic (exact) mass is 688 g/mol. The Morgan fingerprint density at radius 2 is 1.74 bits per heavy atom. The highest BCUT2D eigenvalue weighted by Crippen LogP contribution is 2.46. The second-order valence-corrected chi connectivity index (χ2v) is 15.0. The fraction of sp³-hybridized carbons (Fsp3) is 0.500. The van der Waals surface area contributed by atoms with E-state index in [1.165, 1.54) is 17.0 Å². The number of amides is 4. The summed E-state index contributed by atoms with van der Waals surface area (Å²) < 4.78 is 19.4. The summed E-state index contributed by atoms with van der Waals surface area (Å²) in [6, 6.07) is 11.1. The van der Waals surface area contributed by atoms with Crippen molar-refractivity contribution in [1.29, 1.82) is 0 Å². The molecule has 2 aromatic rings. The van der Waals surface area contributed by atoms with Crippen LogP contribution in [0.5, 0.6) is 0 Å². The van der Waals surface area contributed by atoms with Crippen molar-refractivity contribution in [3.8, 4) is 11.1 Å². The number of hydrogen-bond acceptors (Lipinski definition) is 6. The van der Waals surface area contributed by atoms with E-state index in [0.29, 0.717) is 29.5 Å². The van der Waals surface area contributed by atoms with Crippen molar-refractivity contribution < 1.29 is 38.2 Å². The van der Waals surface area contributed by atoms with Crippen LogP contribution in [0.4, 0.5) is 9.18 Å². The van der Waals surface area contributed by atoms with Gasteiger partial charge in [0.15, 0.2) is 0 Å². The number of nitrogens with one attached hydrogen (secondary N) is 2. The standard InChI is InChI=1S/C38H45FN4O7/c1-37(2,3)50-36(49)40-30-16-8-6-4-5-7-14-27-19-38(27,35(47)48)41-32(44)31-29-22-42(20-26(29)21-43(31)34(30)46)33(45)25-13-9-11-23(17-25)24-12-10-15-28(39)18-24/h7,9-15,17-18,26-27,29-31H,4-6,8,16,19-22H2,1-3H3,(H,40,49)(H,41,44)(H,47,48)/b14-7-/t26-,27-,29-,30+,31-,38+/m0/s1. The van der Waals surface area contributed by atoms with Gasteiger partial charge in [-0.1, -0.05) is 49.3 Å². The highest BCUT2D eigenvalue weighted by Gasteiger charge is 2.62. The molecule has 266 valence electrons. The lowest BCUT2D eigenvalue weighted by Gasteiger charge is -2.33. The molecule has 2 aromatic carbocycles. The molecule has 0 aromatic heterocycles. The molecule has 6 atom stereocenters. The number of allylic oxidation sites excluding steroid dienone is 1. The molecule has 3 aliphatic heterocycles. The smallest absolute Gasteiger partial charge is 0.408 e. The SMILES string of the molecule is CC(C)(C)OC(=O)N[C@@H]1CCCCC/C=C\[C@H]2C[C@@]2(C(=O)O)NC(=O)[C@@H]2[C@H]3CN(C(=O)c4cccc(-c5cccc(F)c5)c4)C[C@H]3CN2C1=O. The molecular formula is C38H45FN4O7. The van der Waals surface area contributed by atoms with E-state index in [1.807, 2.05) is 12.2 Å². The van der Waals surface area contributed by atoms with Crippen LogP contribution in [0.2, 0.25) is 0 Å². The van der Waals surface area contributed by atoms with E-state index in [4.69, 9.17) is 4.74 Å². The summed E-state index contributed by atoms with van der Waals surface area (Å²) in [6.45, 7) is 5.80. The molecule has 3 fully saturated rings. The van der Waals surface area contributed by atoms with Crippen molar-refractivity contribution in [3.63, 3.8) is 0 Å². The Hall–Kier alpha value is -4.74. The number of hydrogen-bond donors (Lipinski definition) is 3. The maximum Gasteiger partial charge on any atom is 0.408 e. The third kappa shape index (κ3) is 7.39. The Morgan fingerprint density at radius 1 is 1.00 bits per heavy atom. The lowest BCUT2D eigenvalue weighted by atomic mass is 9.93. The zero-order valence-corrected chi connectivity index (χ0v) is 28.7. The molecule has 2 saturated heterocycles. The van der Waals surface area contributed by atoms with Gasteiger partial charge in [-0.05, 0) is 81.8 Å². The predicted octanol–water partition coefficient (Wildman–Crippen LogP) is 4.76. The van der Waals surface area contributed by atoms with Gasteiger partial charge in [-0.15, -0.1) is 0 Å². The average Bonchev–Trinajstić information content (AvgIpc) is 3.41. The van der Waals surface area contributed by atoms with Crippen LogP contribution >= 0.6 is 0 Å². The first-order valence-electron chi connectivity index (χ1n) is 17.4. The summed E-state index contributed by atoms with van der Waals surface area (Å²) in [6.07, 6.45) is 6.66. The number of carboxylic acids is 1. The maximum absolute atomic E-state index is 14.3. The molecule has 50 heavy (non-hydrogen) atoms. The molecule has 0 unspecified atom stereocenters. The second-order valence-electron chi connectivity index (χ2n) is 15.0. The first-order chi connectivity index (χ1) is 23.8. The summed E-state index contributed by atoms with van der Waals surface area (Å²) in [5.41, 5.74) is -0.534. The van der Waals surface area contributed by atoms with Crippen LogP contribution in [0.15, 0.2) is 60.7 Å². The number of rotatable bonds is 4. The zero-order chi connectivity index (χ0) is 35.8. The number of ether oxygens (including phenoxy) is 1. The van der Waals surface area contributed by atoms with Gasteiger partial charge in [-0.25, -0.2) is 14.0 Å². The van der Waals surface area contributed by atoms with Gasteiger partial charge in [0.25, 0.3) is 5.91 Å². The van der Waals surface area contributed by atoms with E-state index in [1.54, 1.807) is 62.1 Å². The molecule has 4 amide bonds. The molecule has 11 nitrogen and oxygen atoms in total. The predicted molar refractivity (Wildman–Crippen MR) is 182 cm³/mol. The Labute approximate surface area is 291 Å². The van der Waals surface area contributed by atoms with Gasteiger partial charge in [0, 0.05) is 43.0 Å². The molecule has 4 aliphatic rings. The van der Waals surface area contributed by atoms with E-state index in [0.717, 1.165) is 19.3 Å². The second kappa shape index (κ2) is 13.9. The Bertz CT molecular complexity index is 1710. The van der Waals surface area contributed by atoms with Crippen molar-refractivity contribution in [2.24, 2.45) is 17.8 Å². The molecule has 0 radical (unpaired) electrons. The van der Waals surface area contributed by atoms with Gasteiger partial charge < -0.3 is 30.3 Å². The fourth-order valence-electron chi connectivity index (χ4n) is 7.67. The summed E-state index contributed by atoms with van der Waals surface area (Å²) in [5, 5.41) is 15.8. The van der Waals surface area contributed by atoms with Crippen LogP contribution in [0.3, 0.4) is 0 Å². The van der Waals surface area contributed by atoms with Crippen LogP contribution in [0, 0.1) is 23.6 Å². The zero-order valence-electron chi connectivity index (χ0n) is 28.7. The molecule has 3 N–H and O–H groups in total. The fourth-order valence-corrected chi connectivity index (χ4v) is 7.67. The van der Waals surface area contributed by atoms with Gasteiger partial charge in [-0.2, -0.15) is 0 Å². The highest BCUT2D eigenvalue weighted by atomic mass is 19.1. The molecular weight excluding hydrogens is 643 g/mol. The number of likely N-dealkylation sites (tertiary alicyclic amines) is 1. The number of fused-ring (bicyclic) bond motifs is 4. The van der Waals surface area contributed by atoms with Gasteiger partial charge in [0.2, 0.25) is 11.8 Å². The average molecular weight is 689 g/mol. The minimum atomic E-state index is -1.47. The minimum absolute atomic E-state index is 0.157. The number of carboxylic acid groups (broad SMARTS) is 1. The van der Waals surface area contributed by atoms with Crippen molar-refractivity contribution in [3.05, 3.63) is 72.1 Å². The van der Waals surface area contributed by atoms with Crippen molar-refractivity contribution in [1.82, 2.24) is 20.4 Å². The molecule has 12 heteroatoms. The minimum Gasteiger partial charge on any atom is -0.479 e. The Kier molecular flexibility index (Phi) is 9.74. The third-order valence-electron chi connectivity index (χ3n) is 10.2. The van der Waals surface area contributed by atoms with E-state index in [9.17, 15) is 33.5 Å². The summed E-state index contributed by atoms with van der Waals surface area (Å²) in [5.74, 6) is -3.90. The van der Waals surface area contributed by atoms with Gasteiger partial charge in [0.1, 0.15) is 29.0 Å². The van der Waals surface area contributed by atoms with E-state index in [-0.39, 0.29) is 49.6 Å². The normalized spacial score (nSPS) is 29.0. The number of halogens is 1. The number of carbonyl (C=O) groups is 5. The van der Waals surface area contributed by atoms with Crippen molar-refractivity contribution >= 4 is 29.8 Å². The van der Waals surface area contributed by atoms with E-state index in [2.05, 4.69) is 10.6 Å². The first kappa shape index (κ1) is 35.1. The summed E-state index contributed by atoms with van der Waals surface area (Å²) >= 11 is 0. The van der Waals surface area contributed by atoms with Crippen LogP contribution in [-0.2, 0) is 19.1 Å². The Morgan fingerprint density at radius 3 is 2.46 bits per heavy atom. The third-order valence-corrected chi connectivity index (χ3v) is 10.2. The molecule has 6 rings (SSSR count). The summed E-state index contributed by atoms with van der Waals surface area (Å²) in [4.78, 5) is 70.9. The molecule has 0 spiro atoms. The number of alkyl carbamates (subject to hydrolysis) is 1. The number of aliphatic carboxylic acids is 1. The van der Waals surface area contributed by atoms with Gasteiger partial charge in [-0.3, -0.25) is 14.4 Å². The summed E-state index contributed by atoms with van der Waals surface area (Å²) in [7, 11) is 0. The topological polar surface area (TPSA) is 145 Å². The van der Waals surface area contributed by atoms with Crippen LogP contribution in [-0.4, -0.2) is 87.5 Å². The maximum atomic E-state index is 14.3. The van der Waals surface area contributed by atoms with E-state index < -0.39 is 53.0 Å². The largest absolute Gasteiger partial charge is 0.479 e. The number of nitrogens with zero attached hydrogens (tertiary/aromatic N) is 2. The van der Waals surface area contributed by atoms with Crippen LogP contribution < -0.4 is 10.6 Å². The quantitative estimate of drug-likeness (QED) is 0.393. The number of benzene rings is 2. The van der Waals surface area contributed by atoms with Crippen LogP contribution in [0.25, 0.3) is 11.1 Å². The van der Waals surface area contributed by atoms with E-state index >= 15 is 0 Å². The van der Waals surface area contributed by atoms with Gasteiger partial charge >= 0.3 is 12.1 Å².